The second-order valence-corrected chi connectivity index (χ2v) is 5.61. The van der Waals surface area contributed by atoms with Crippen LogP contribution in [0.2, 0.25) is 0 Å². The van der Waals surface area contributed by atoms with Crippen LogP contribution in [-0.4, -0.2) is 16.7 Å². The monoisotopic (exact) mass is 315 g/mol. The number of hydrogen-bond acceptors (Lipinski definition) is 4. The van der Waals surface area contributed by atoms with Gasteiger partial charge in [-0.1, -0.05) is 65.8 Å². The zero-order valence-corrected chi connectivity index (χ0v) is 13.1. The van der Waals surface area contributed by atoms with Crippen LogP contribution in [0.15, 0.2) is 77.3 Å². The van der Waals surface area contributed by atoms with E-state index in [0.717, 1.165) is 35.4 Å². The first-order valence-electron chi connectivity index (χ1n) is 8.00. The predicted octanol–water partition coefficient (Wildman–Crippen LogP) is 4.54. The number of aromatic nitrogens is 2. The summed E-state index contributed by atoms with van der Waals surface area (Å²) in [5, 5.41) is 8.43. The molecule has 0 saturated carbocycles. The van der Waals surface area contributed by atoms with Crippen molar-refractivity contribution in [2.24, 2.45) is 0 Å². The maximum absolute atomic E-state index is 5.41. The summed E-state index contributed by atoms with van der Waals surface area (Å²) in [7, 11) is 0. The Morgan fingerprint density at radius 3 is 2.38 bits per heavy atom. The van der Waals surface area contributed by atoms with E-state index in [0.29, 0.717) is 5.71 Å². The van der Waals surface area contributed by atoms with Crippen LogP contribution in [0.3, 0.4) is 0 Å². The molecule has 0 unspecified atom stereocenters. The van der Waals surface area contributed by atoms with Crippen molar-refractivity contribution < 1.29 is 4.52 Å². The maximum atomic E-state index is 5.41. The predicted molar refractivity (Wildman–Crippen MR) is 95.9 cm³/mol. The summed E-state index contributed by atoms with van der Waals surface area (Å²) in [4.78, 5) is 4.51. The van der Waals surface area contributed by atoms with E-state index in [1.54, 1.807) is 0 Å². The molecule has 4 nitrogen and oxygen atoms in total. The molecule has 2 aromatic heterocycles. The molecular weight excluding hydrogens is 298 g/mol. The van der Waals surface area contributed by atoms with Crippen molar-refractivity contribution in [1.82, 2.24) is 10.1 Å². The van der Waals surface area contributed by atoms with E-state index in [4.69, 9.17) is 4.52 Å². The van der Waals surface area contributed by atoms with Gasteiger partial charge < -0.3 is 9.84 Å². The third kappa shape index (κ3) is 2.99. The molecule has 0 spiro atoms. The SMILES string of the molecule is c1ccc(CCNc2ccc3c(-c4ccccc4)noc3n2)cc1. The number of benzene rings is 2. The van der Waals surface area contributed by atoms with Gasteiger partial charge >= 0.3 is 0 Å². The molecule has 0 bridgehead atoms. The number of anilines is 1. The molecule has 4 heteroatoms. The Kier molecular flexibility index (Phi) is 3.94. The largest absolute Gasteiger partial charge is 0.370 e. The first-order valence-corrected chi connectivity index (χ1v) is 8.00. The minimum absolute atomic E-state index is 0.554. The van der Waals surface area contributed by atoms with Crippen LogP contribution in [-0.2, 0) is 6.42 Å². The van der Waals surface area contributed by atoms with Gasteiger partial charge in [0.25, 0.3) is 5.71 Å². The highest BCUT2D eigenvalue weighted by atomic mass is 16.5. The number of hydrogen-bond donors (Lipinski definition) is 1. The smallest absolute Gasteiger partial charge is 0.260 e. The van der Waals surface area contributed by atoms with E-state index in [9.17, 15) is 0 Å². The molecule has 2 heterocycles. The molecular formula is C20H17N3O. The van der Waals surface area contributed by atoms with Gasteiger partial charge in [0.2, 0.25) is 0 Å². The first kappa shape index (κ1) is 14.5. The van der Waals surface area contributed by atoms with Crippen molar-refractivity contribution >= 4 is 16.9 Å². The van der Waals surface area contributed by atoms with Crippen molar-refractivity contribution in [1.29, 1.82) is 0 Å². The number of nitrogens with one attached hydrogen (secondary N) is 1. The van der Waals surface area contributed by atoms with Crippen molar-refractivity contribution in [2.75, 3.05) is 11.9 Å². The normalized spacial score (nSPS) is 10.8. The van der Waals surface area contributed by atoms with Gasteiger partial charge in [-0.15, -0.1) is 0 Å². The van der Waals surface area contributed by atoms with E-state index in [1.165, 1.54) is 5.56 Å². The molecule has 0 atom stereocenters. The minimum Gasteiger partial charge on any atom is -0.370 e. The molecule has 0 amide bonds. The summed E-state index contributed by atoms with van der Waals surface area (Å²) in [5.41, 5.74) is 3.72. The lowest BCUT2D eigenvalue weighted by molar-refractivity contribution is 0.452. The van der Waals surface area contributed by atoms with Gasteiger partial charge in [0.05, 0.1) is 5.39 Å². The van der Waals surface area contributed by atoms with Gasteiger partial charge in [0.15, 0.2) is 0 Å². The molecule has 1 N–H and O–H groups in total. The van der Waals surface area contributed by atoms with Crippen LogP contribution in [0.5, 0.6) is 0 Å². The van der Waals surface area contributed by atoms with E-state index < -0.39 is 0 Å². The second-order valence-electron chi connectivity index (χ2n) is 5.61. The molecule has 0 fully saturated rings. The van der Waals surface area contributed by atoms with Crippen molar-refractivity contribution in [3.8, 4) is 11.3 Å². The molecule has 4 rings (SSSR count). The maximum Gasteiger partial charge on any atom is 0.260 e. The van der Waals surface area contributed by atoms with Crippen LogP contribution < -0.4 is 5.32 Å². The van der Waals surface area contributed by atoms with Gasteiger partial charge in [-0.05, 0) is 24.1 Å². The number of fused-ring (bicyclic) bond motifs is 1. The lowest BCUT2D eigenvalue weighted by atomic mass is 10.1. The summed E-state index contributed by atoms with van der Waals surface area (Å²) >= 11 is 0. The topological polar surface area (TPSA) is 51.0 Å². The molecule has 0 aliphatic carbocycles. The van der Waals surface area contributed by atoms with E-state index in [2.05, 4.69) is 39.7 Å². The molecule has 0 aliphatic rings. The Morgan fingerprint density at radius 1 is 0.833 bits per heavy atom. The summed E-state index contributed by atoms with van der Waals surface area (Å²) < 4.78 is 5.41. The number of nitrogens with zero attached hydrogens (tertiary/aromatic N) is 2. The number of rotatable bonds is 5. The molecule has 2 aromatic carbocycles. The quantitative estimate of drug-likeness (QED) is 0.587. The Bertz CT molecular complexity index is 933. The van der Waals surface area contributed by atoms with Crippen molar-refractivity contribution in [2.45, 2.75) is 6.42 Å². The van der Waals surface area contributed by atoms with Crippen LogP contribution in [0.25, 0.3) is 22.4 Å². The Labute approximate surface area is 140 Å². The molecule has 118 valence electrons. The van der Waals surface area contributed by atoms with Crippen LogP contribution in [0.1, 0.15) is 5.56 Å². The first-order chi connectivity index (χ1) is 11.9. The minimum atomic E-state index is 0.554. The highest BCUT2D eigenvalue weighted by molar-refractivity contribution is 5.90. The van der Waals surface area contributed by atoms with Gasteiger partial charge in [-0.25, -0.2) is 0 Å². The Balaban J connectivity index is 1.50. The van der Waals surface area contributed by atoms with Gasteiger partial charge in [-0.2, -0.15) is 4.98 Å². The lowest BCUT2D eigenvalue weighted by Gasteiger charge is -2.05. The van der Waals surface area contributed by atoms with Crippen LogP contribution in [0.4, 0.5) is 5.82 Å². The Hall–Kier alpha value is -3.14. The van der Waals surface area contributed by atoms with Crippen molar-refractivity contribution in [3.63, 3.8) is 0 Å². The summed E-state index contributed by atoms with van der Waals surface area (Å²) in [6, 6.07) is 24.4. The number of pyridine rings is 1. The fraction of sp³-hybridized carbons (Fsp3) is 0.100. The molecule has 0 saturated heterocycles. The van der Waals surface area contributed by atoms with Crippen molar-refractivity contribution in [3.05, 3.63) is 78.4 Å². The average Bonchev–Trinajstić information content (AvgIpc) is 3.07. The summed E-state index contributed by atoms with van der Waals surface area (Å²) in [6.45, 7) is 0.822. The van der Waals surface area contributed by atoms with Gasteiger partial charge in [0.1, 0.15) is 11.5 Å². The lowest BCUT2D eigenvalue weighted by Crippen LogP contribution is -2.05. The van der Waals surface area contributed by atoms with E-state index >= 15 is 0 Å². The fourth-order valence-electron chi connectivity index (χ4n) is 2.71. The van der Waals surface area contributed by atoms with Gasteiger partial charge in [0, 0.05) is 12.1 Å². The molecule has 24 heavy (non-hydrogen) atoms. The Morgan fingerprint density at radius 2 is 1.58 bits per heavy atom. The highest BCUT2D eigenvalue weighted by Gasteiger charge is 2.11. The standard InChI is InChI=1S/C20H17N3O/c1-3-7-15(8-4-1)13-14-21-18-12-11-17-19(23-24-20(17)22-18)16-9-5-2-6-10-16/h1-12H,13-14H2,(H,21,22). The zero-order chi connectivity index (χ0) is 16.2. The highest BCUT2D eigenvalue weighted by Crippen LogP contribution is 2.27. The fourth-order valence-corrected chi connectivity index (χ4v) is 2.71. The average molecular weight is 315 g/mol. The molecule has 0 radical (unpaired) electrons. The van der Waals surface area contributed by atoms with Crippen LogP contribution in [0, 0.1) is 0 Å². The third-order valence-electron chi connectivity index (χ3n) is 3.95. The van der Waals surface area contributed by atoms with Crippen LogP contribution >= 0.6 is 0 Å². The second kappa shape index (κ2) is 6.54. The summed E-state index contributed by atoms with van der Waals surface area (Å²) in [6.07, 6.45) is 0.951. The third-order valence-corrected chi connectivity index (χ3v) is 3.95. The van der Waals surface area contributed by atoms with Gasteiger partial charge in [-0.3, -0.25) is 0 Å². The molecule has 4 aromatic rings. The zero-order valence-electron chi connectivity index (χ0n) is 13.1. The molecule has 0 aliphatic heterocycles. The van der Waals surface area contributed by atoms with E-state index in [1.807, 2.05) is 48.5 Å². The summed E-state index contributed by atoms with van der Waals surface area (Å²) in [5.74, 6) is 0.800. The van der Waals surface area contributed by atoms with E-state index in [-0.39, 0.29) is 0 Å².